The van der Waals surface area contributed by atoms with Crippen LogP contribution in [0.3, 0.4) is 0 Å². The predicted molar refractivity (Wildman–Crippen MR) is 67.9 cm³/mol. The summed E-state index contributed by atoms with van der Waals surface area (Å²) in [5.41, 5.74) is -1.24. The van der Waals surface area contributed by atoms with Crippen LogP contribution in [0.1, 0.15) is 32.4 Å². The highest BCUT2D eigenvalue weighted by Crippen LogP contribution is 2.31. The molecule has 0 radical (unpaired) electrons. The van der Waals surface area contributed by atoms with Crippen molar-refractivity contribution in [1.29, 1.82) is 0 Å². The molecule has 0 aliphatic carbocycles. The van der Waals surface area contributed by atoms with Gasteiger partial charge in [0.2, 0.25) is 0 Å². The molecule has 0 bridgehead atoms. The standard InChI is InChI=1S/C11H14ClF2N3O3/c1-11(2,3)20-10(19)17-9-5(6(18)8(13)14)7(12)15-4-16-9/h4,6,8,18H,1-3H3,(H,15,16,17,19). The molecule has 0 aliphatic rings. The Bertz CT molecular complexity index is 494. The number of aliphatic hydroxyl groups is 1. The maximum absolute atomic E-state index is 12.6. The molecule has 0 fully saturated rings. The largest absolute Gasteiger partial charge is 0.444 e. The molecular formula is C11H14ClF2N3O3. The number of carbonyl (C=O) groups excluding carboxylic acids is 1. The Morgan fingerprint density at radius 2 is 2.05 bits per heavy atom. The van der Waals surface area contributed by atoms with E-state index in [-0.39, 0.29) is 11.0 Å². The van der Waals surface area contributed by atoms with Crippen LogP contribution in [0.4, 0.5) is 19.4 Å². The highest BCUT2D eigenvalue weighted by Gasteiger charge is 2.28. The van der Waals surface area contributed by atoms with Crippen molar-refractivity contribution < 1.29 is 23.4 Å². The number of nitrogens with one attached hydrogen (secondary N) is 1. The monoisotopic (exact) mass is 309 g/mol. The Kier molecular flexibility index (Phi) is 5.18. The fourth-order valence-electron chi connectivity index (χ4n) is 1.26. The van der Waals surface area contributed by atoms with E-state index in [4.69, 9.17) is 16.3 Å². The summed E-state index contributed by atoms with van der Waals surface area (Å²) < 4.78 is 30.1. The average molecular weight is 310 g/mol. The SMILES string of the molecule is CC(C)(C)OC(=O)Nc1ncnc(Cl)c1C(O)C(F)F. The summed E-state index contributed by atoms with van der Waals surface area (Å²) >= 11 is 5.65. The smallest absolute Gasteiger partial charge is 0.413 e. The lowest BCUT2D eigenvalue weighted by Crippen LogP contribution is -2.28. The zero-order valence-corrected chi connectivity index (χ0v) is 11.8. The van der Waals surface area contributed by atoms with Crippen LogP contribution in [-0.2, 0) is 4.74 Å². The Hall–Kier alpha value is -1.54. The van der Waals surface area contributed by atoms with Crippen molar-refractivity contribution >= 4 is 23.5 Å². The normalized spacial score (nSPS) is 13.2. The number of rotatable bonds is 3. The first kappa shape index (κ1) is 16.5. The molecule has 112 valence electrons. The molecule has 0 saturated carbocycles. The van der Waals surface area contributed by atoms with E-state index in [2.05, 4.69) is 15.3 Å². The molecule has 6 nitrogen and oxygen atoms in total. The van der Waals surface area contributed by atoms with Crippen molar-refractivity contribution in [3.05, 3.63) is 17.0 Å². The first-order chi connectivity index (χ1) is 9.11. The van der Waals surface area contributed by atoms with Gasteiger partial charge in [0.1, 0.15) is 29.0 Å². The lowest BCUT2D eigenvalue weighted by atomic mass is 10.2. The second kappa shape index (κ2) is 6.27. The molecule has 1 aromatic rings. The van der Waals surface area contributed by atoms with Crippen LogP contribution in [0.15, 0.2) is 6.33 Å². The summed E-state index contributed by atoms with van der Waals surface area (Å²) in [6.45, 7) is 4.90. The highest BCUT2D eigenvalue weighted by atomic mass is 35.5. The molecule has 1 aromatic heterocycles. The van der Waals surface area contributed by atoms with Gasteiger partial charge in [-0.2, -0.15) is 0 Å². The molecule has 0 spiro atoms. The average Bonchev–Trinajstić information content (AvgIpc) is 2.25. The molecule has 1 unspecified atom stereocenters. The quantitative estimate of drug-likeness (QED) is 0.839. The number of hydrogen-bond acceptors (Lipinski definition) is 5. The molecule has 1 rings (SSSR count). The number of hydrogen-bond donors (Lipinski definition) is 2. The van der Waals surface area contributed by atoms with E-state index in [9.17, 15) is 18.7 Å². The minimum atomic E-state index is -3.10. The number of alkyl halides is 2. The number of anilines is 1. The minimum absolute atomic E-state index is 0.327. The maximum atomic E-state index is 12.6. The predicted octanol–water partition coefficient (Wildman–Crippen LogP) is 2.78. The fraction of sp³-hybridized carbons (Fsp3) is 0.545. The van der Waals surface area contributed by atoms with E-state index < -0.39 is 29.8 Å². The summed E-state index contributed by atoms with van der Waals surface area (Å²) in [5, 5.41) is 11.2. The molecule has 9 heteroatoms. The first-order valence-corrected chi connectivity index (χ1v) is 5.96. The number of aliphatic hydroxyl groups excluding tert-OH is 1. The molecular weight excluding hydrogens is 296 g/mol. The lowest BCUT2D eigenvalue weighted by Gasteiger charge is -2.21. The van der Waals surface area contributed by atoms with E-state index in [1.165, 1.54) is 0 Å². The zero-order valence-electron chi connectivity index (χ0n) is 11.0. The lowest BCUT2D eigenvalue weighted by molar-refractivity contribution is -0.00574. The molecule has 0 aromatic carbocycles. The van der Waals surface area contributed by atoms with Crippen molar-refractivity contribution in [3.8, 4) is 0 Å². The summed E-state index contributed by atoms with van der Waals surface area (Å²) in [5.74, 6) is -0.327. The van der Waals surface area contributed by atoms with Gasteiger partial charge in [0, 0.05) is 0 Å². The minimum Gasteiger partial charge on any atom is -0.444 e. The van der Waals surface area contributed by atoms with Gasteiger partial charge in [-0.25, -0.2) is 23.5 Å². The van der Waals surface area contributed by atoms with Gasteiger partial charge in [-0.1, -0.05) is 11.6 Å². The van der Waals surface area contributed by atoms with E-state index >= 15 is 0 Å². The Morgan fingerprint density at radius 1 is 1.45 bits per heavy atom. The highest BCUT2D eigenvalue weighted by molar-refractivity contribution is 6.30. The summed E-state index contributed by atoms with van der Waals surface area (Å²) in [6.07, 6.45) is -5.25. The summed E-state index contributed by atoms with van der Waals surface area (Å²) in [6, 6.07) is 0. The van der Waals surface area contributed by atoms with Crippen molar-refractivity contribution in [2.45, 2.75) is 38.9 Å². The summed E-state index contributed by atoms with van der Waals surface area (Å²) in [7, 11) is 0. The number of nitrogens with zero attached hydrogens (tertiary/aromatic N) is 2. The number of ether oxygens (including phenoxy) is 1. The molecule has 1 amide bonds. The van der Waals surface area contributed by atoms with Crippen LogP contribution in [-0.4, -0.2) is 33.2 Å². The topological polar surface area (TPSA) is 84.3 Å². The van der Waals surface area contributed by atoms with Gasteiger partial charge in [-0.3, -0.25) is 5.32 Å². The fourth-order valence-corrected chi connectivity index (χ4v) is 1.51. The van der Waals surface area contributed by atoms with Crippen molar-refractivity contribution in [1.82, 2.24) is 9.97 Å². The maximum Gasteiger partial charge on any atom is 0.413 e. The second-order valence-corrected chi connectivity index (χ2v) is 5.19. The van der Waals surface area contributed by atoms with Gasteiger partial charge in [-0.05, 0) is 20.8 Å². The number of halogens is 3. The van der Waals surface area contributed by atoms with Gasteiger partial charge in [0.25, 0.3) is 6.43 Å². The Balaban J connectivity index is 3.01. The molecule has 2 N–H and O–H groups in total. The van der Waals surface area contributed by atoms with Crippen LogP contribution in [0.2, 0.25) is 5.15 Å². The van der Waals surface area contributed by atoms with Gasteiger partial charge < -0.3 is 9.84 Å². The van der Waals surface area contributed by atoms with Crippen molar-refractivity contribution in [3.63, 3.8) is 0 Å². The number of carbonyl (C=O) groups is 1. The van der Waals surface area contributed by atoms with Crippen LogP contribution < -0.4 is 5.32 Å². The molecule has 20 heavy (non-hydrogen) atoms. The van der Waals surface area contributed by atoms with E-state index in [1.54, 1.807) is 20.8 Å². The van der Waals surface area contributed by atoms with Crippen LogP contribution in [0, 0.1) is 0 Å². The molecule has 0 saturated heterocycles. The Labute approximate surface area is 119 Å². The van der Waals surface area contributed by atoms with Crippen LogP contribution in [0.5, 0.6) is 0 Å². The third-order valence-corrected chi connectivity index (χ3v) is 2.29. The van der Waals surface area contributed by atoms with Gasteiger partial charge in [0.15, 0.2) is 0 Å². The molecule has 0 aliphatic heterocycles. The molecule has 1 atom stereocenters. The van der Waals surface area contributed by atoms with Crippen molar-refractivity contribution in [2.24, 2.45) is 0 Å². The van der Waals surface area contributed by atoms with Gasteiger partial charge >= 0.3 is 6.09 Å². The summed E-state index contributed by atoms with van der Waals surface area (Å²) in [4.78, 5) is 18.7. The number of amides is 1. The van der Waals surface area contributed by atoms with E-state index in [0.717, 1.165) is 6.33 Å². The Morgan fingerprint density at radius 3 is 2.55 bits per heavy atom. The third kappa shape index (κ3) is 4.53. The van der Waals surface area contributed by atoms with E-state index in [1.807, 2.05) is 0 Å². The van der Waals surface area contributed by atoms with E-state index in [0.29, 0.717) is 0 Å². The zero-order chi connectivity index (χ0) is 15.5. The second-order valence-electron chi connectivity index (χ2n) is 4.83. The third-order valence-electron chi connectivity index (χ3n) is 1.99. The van der Waals surface area contributed by atoms with Gasteiger partial charge in [0.05, 0.1) is 5.56 Å². The van der Waals surface area contributed by atoms with Crippen molar-refractivity contribution in [2.75, 3.05) is 5.32 Å². The first-order valence-electron chi connectivity index (χ1n) is 5.58. The van der Waals surface area contributed by atoms with Crippen LogP contribution in [0.25, 0.3) is 0 Å². The van der Waals surface area contributed by atoms with Crippen LogP contribution >= 0.6 is 11.6 Å². The number of aromatic nitrogens is 2. The van der Waals surface area contributed by atoms with Gasteiger partial charge in [-0.15, -0.1) is 0 Å². The molecule has 1 heterocycles.